The van der Waals surface area contributed by atoms with Crippen LogP contribution in [0.4, 0.5) is 5.82 Å². The van der Waals surface area contributed by atoms with Crippen LogP contribution in [0.5, 0.6) is 0 Å². The van der Waals surface area contributed by atoms with Crippen LogP contribution < -0.4 is 4.90 Å². The van der Waals surface area contributed by atoms with E-state index < -0.39 is 0 Å². The molecule has 140 valence electrons. The zero-order valence-electron chi connectivity index (χ0n) is 16.2. The van der Waals surface area contributed by atoms with Crippen molar-refractivity contribution in [3.05, 3.63) is 11.8 Å². The number of anilines is 1. The van der Waals surface area contributed by atoms with Gasteiger partial charge in [0.25, 0.3) is 0 Å². The van der Waals surface area contributed by atoms with Crippen LogP contribution in [-0.2, 0) is 4.79 Å². The first-order chi connectivity index (χ1) is 11.8. The molecule has 1 spiro atoms. The molecule has 2 fully saturated rings. The Morgan fingerprint density at radius 1 is 1.48 bits per heavy atom. The van der Waals surface area contributed by atoms with Gasteiger partial charge in [-0.2, -0.15) is 5.10 Å². The Morgan fingerprint density at radius 3 is 2.64 bits per heavy atom. The van der Waals surface area contributed by atoms with Crippen LogP contribution in [0.1, 0.15) is 51.8 Å². The van der Waals surface area contributed by atoms with E-state index in [4.69, 9.17) is 5.10 Å². The van der Waals surface area contributed by atoms with Gasteiger partial charge in [-0.05, 0) is 40.0 Å². The maximum Gasteiger partial charge on any atom is 0.209 e. The largest absolute Gasteiger partial charge is 0.396 e. The number of aryl methyl sites for hydroxylation is 1. The molecule has 1 atom stereocenters. The van der Waals surface area contributed by atoms with Crippen molar-refractivity contribution in [1.29, 1.82) is 0 Å². The maximum atomic E-state index is 10.8. The van der Waals surface area contributed by atoms with Crippen molar-refractivity contribution in [2.24, 2.45) is 11.3 Å². The van der Waals surface area contributed by atoms with E-state index in [9.17, 15) is 9.90 Å². The summed E-state index contributed by atoms with van der Waals surface area (Å²) in [5.41, 5.74) is 1.37. The van der Waals surface area contributed by atoms with Gasteiger partial charge in [0.1, 0.15) is 0 Å². The number of aliphatic hydroxyl groups is 1. The van der Waals surface area contributed by atoms with E-state index in [1.165, 1.54) is 5.69 Å². The van der Waals surface area contributed by atoms with Crippen molar-refractivity contribution in [3.63, 3.8) is 0 Å². The molecule has 1 saturated carbocycles. The van der Waals surface area contributed by atoms with Gasteiger partial charge in [0.2, 0.25) is 6.41 Å². The maximum absolute atomic E-state index is 10.8. The fourth-order valence-electron chi connectivity index (χ4n) is 4.69. The third-order valence-electron chi connectivity index (χ3n) is 6.74. The normalized spacial score (nSPS) is 21.0. The summed E-state index contributed by atoms with van der Waals surface area (Å²) in [4.78, 5) is 14.8. The summed E-state index contributed by atoms with van der Waals surface area (Å²) in [5, 5.41) is 14.6. The first kappa shape index (κ1) is 18.2. The minimum absolute atomic E-state index is 0.158. The van der Waals surface area contributed by atoms with Crippen LogP contribution in [0, 0.1) is 18.3 Å². The summed E-state index contributed by atoms with van der Waals surface area (Å²) >= 11 is 0. The highest BCUT2D eigenvalue weighted by atomic mass is 16.3. The molecule has 25 heavy (non-hydrogen) atoms. The zero-order chi connectivity index (χ0) is 18.4. The molecule has 6 nitrogen and oxygen atoms in total. The number of carbonyl (C=O) groups is 1. The lowest BCUT2D eigenvalue weighted by molar-refractivity contribution is -0.140. The van der Waals surface area contributed by atoms with Crippen molar-refractivity contribution >= 4 is 12.2 Å². The van der Waals surface area contributed by atoms with Crippen LogP contribution in [0.25, 0.3) is 0 Å². The lowest BCUT2D eigenvalue weighted by atomic mass is 9.61. The average Bonchev–Trinajstić information content (AvgIpc) is 2.86. The van der Waals surface area contributed by atoms with Crippen molar-refractivity contribution in [2.45, 2.75) is 58.5 Å². The lowest BCUT2D eigenvalue weighted by Gasteiger charge is -2.58. The lowest BCUT2D eigenvalue weighted by Crippen LogP contribution is -2.61. The summed E-state index contributed by atoms with van der Waals surface area (Å²) < 4.78 is 2.16. The molecule has 6 heteroatoms. The molecule has 1 saturated heterocycles. The molecule has 2 heterocycles. The van der Waals surface area contributed by atoms with E-state index in [0.29, 0.717) is 11.5 Å². The summed E-state index contributed by atoms with van der Waals surface area (Å²) in [6.07, 6.45) is 4.12. The second-order valence-corrected chi connectivity index (χ2v) is 8.66. The van der Waals surface area contributed by atoms with Gasteiger partial charge in [-0.15, -0.1) is 0 Å². The summed E-state index contributed by atoms with van der Waals surface area (Å²) in [6, 6.07) is 2.59. The predicted molar refractivity (Wildman–Crippen MR) is 98.7 cm³/mol. The number of aromatic nitrogens is 2. The molecule has 0 radical (unpaired) electrons. The van der Waals surface area contributed by atoms with Gasteiger partial charge in [0.05, 0.1) is 6.04 Å². The molecule has 0 aromatic carbocycles. The fraction of sp³-hybridized carbons (Fsp3) is 0.789. The number of carbonyl (C=O) groups excluding carboxylic acids is 1. The van der Waals surface area contributed by atoms with E-state index in [1.807, 2.05) is 4.90 Å². The first-order valence-electron chi connectivity index (χ1n) is 9.36. The number of aliphatic hydroxyl groups excluding tert-OH is 1. The highest BCUT2D eigenvalue weighted by Gasteiger charge is 2.53. The Labute approximate surface area is 150 Å². The molecule has 1 aliphatic heterocycles. The van der Waals surface area contributed by atoms with E-state index in [0.717, 1.165) is 44.6 Å². The molecule has 1 N–H and O–H groups in total. The molecular formula is C19H32N4O2. The van der Waals surface area contributed by atoms with Crippen molar-refractivity contribution in [2.75, 3.05) is 31.6 Å². The average molecular weight is 348 g/mol. The number of hydrogen-bond donors (Lipinski definition) is 1. The minimum atomic E-state index is -0.158. The summed E-state index contributed by atoms with van der Waals surface area (Å²) in [6.45, 7) is 10.6. The van der Waals surface area contributed by atoms with Gasteiger partial charge < -0.3 is 14.9 Å². The zero-order valence-corrected chi connectivity index (χ0v) is 16.2. The third-order valence-corrected chi connectivity index (χ3v) is 6.74. The summed E-state index contributed by atoms with van der Waals surface area (Å²) in [5.74, 6) is 1.18. The predicted octanol–water partition coefficient (Wildman–Crippen LogP) is 2.22. The molecule has 2 aliphatic rings. The Balaban J connectivity index is 1.70. The van der Waals surface area contributed by atoms with Crippen LogP contribution in [-0.4, -0.2) is 58.5 Å². The number of hydrogen-bond acceptors (Lipinski definition) is 4. The third kappa shape index (κ3) is 2.94. The first-order valence-corrected chi connectivity index (χ1v) is 9.36. The molecule has 1 aromatic rings. The van der Waals surface area contributed by atoms with Gasteiger partial charge >= 0.3 is 0 Å². The molecule has 1 unspecified atom stereocenters. The van der Waals surface area contributed by atoms with Gasteiger partial charge in [0.15, 0.2) is 5.82 Å². The van der Waals surface area contributed by atoms with Crippen LogP contribution in [0.15, 0.2) is 6.07 Å². The van der Waals surface area contributed by atoms with Crippen LogP contribution in [0.2, 0.25) is 0 Å². The van der Waals surface area contributed by atoms with Gasteiger partial charge in [-0.25, -0.2) is 0 Å². The van der Waals surface area contributed by atoms with Crippen LogP contribution >= 0.6 is 0 Å². The van der Waals surface area contributed by atoms with E-state index in [1.54, 1.807) is 0 Å². The second kappa shape index (κ2) is 6.31. The fourth-order valence-corrected chi connectivity index (χ4v) is 4.69. The quantitative estimate of drug-likeness (QED) is 0.768. The monoisotopic (exact) mass is 348 g/mol. The smallest absolute Gasteiger partial charge is 0.209 e. The molecule has 3 rings (SSSR count). The number of amides is 1. The van der Waals surface area contributed by atoms with Crippen molar-refractivity contribution in [1.82, 2.24) is 14.7 Å². The van der Waals surface area contributed by atoms with Crippen LogP contribution in [0.3, 0.4) is 0 Å². The standard InChI is InChI=1S/C19H32N4O2/c1-6-15(10-24)18(3,4)21(5)17-7-14(2)23(20-17)16-8-19(9-16)11-22(12-19)13-25/h7,13,15-16,24H,6,8-12H2,1-5H3. The van der Waals surface area contributed by atoms with Crippen molar-refractivity contribution in [3.8, 4) is 0 Å². The minimum Gasteiger partial charge on any atom is -0.396 e. The number of rotatable bonds is 7. The Kier molecular flexibility index (Phi) is 4.60. The van der Waals surface area contributed by atoms with E-state index in [2.05, 4.69) is 50.4 Å². The van der Waals surface area contributed by atoms with Gasteiger partial charge in [0, 0.05) is 55.4 Å². The van der Waals surface area contributed by atoms with Gasteiger partial charge in [-0.1, -0.05) is 6.92 Å². The Hall–Kier alpha value is -1.56. The Morgan fingerprint density at radius 2 is 2.12 bits per heavy atom. The second-order valence-electron chi connectivity index (χ2n) is 8.66. The SMILES string of the molecule is CCC(CO)C(C)(C)N(C)c1cc(C)n(C2CC3(C2)CN(C=O)C3)n1. The van der Waals surface area contributed by atoms with E-state index in [-0.39, 0.29) is 18.1 Å². The molecular weight excluding hydrogens is 316 g/mol. The van der Waals surface area contributed by atoms with E-state index >= 15 is 0 Å². The highest BCUT2D eigenvalue weighted by molar-refractivity contribution is 5.50. The number of likely N-dealkylation sites (tertiary alicyclic amines) is 1. The summed E-state index contributed by atoms with van der Waals surface area (Å²) in [7, 11) is 2.07. The van der Waals surface area contributed by atoms with Crippen molar-refractivity contribution < 1.29 is 9.90 Å². The molecule has 0 bridgehead atoms. The Bertz CT molecular complexity index is 621. The molecule has 1 aliphatic carbocycles. The number of nitrogens with zero attached hydrogens (tertiary/aromatic N) is 4. The van der Waals surface area contributed by atoms with Gasteiger partial charge in [-0.3, -0.25) is 9.48 Å². The molecule has 1 aromatic heterocycles. The topological polar surface area (TPSA) is 61.6 Å². The molecule has 1 amide bonds. The highest BCUT2D eigenvalue weighted by Crippen LogP contribution is 2.54.